The molecule has 0 radical (unpaired) electrons. The van der Waals surface area contributed by atoms with Gasteiger partial charge in [-0.15, -0.1) is 0 Å². The van der Waals surface area contributed by atoms with E-state index >= 15 is 0 Å². The molecule has 0 saturated carbocycles. The van der Waals surface area contributed by atoms with E-state index in [4.69, 9.17) is 0 Å². The molecule has 2 nitrogen and oxygen atoms in total. The van der Waals surface area contributed by atoms with Gasteiger partial charge in [0.15, 0.2) is 0 Å². The number of aromatic nitrogens is 2. The van der Waals surface area contributed by atoms with Crippen LogP contribution in [0.1, 0.15) is 133 Å². The normalized spacial score (nSPS) is 12.3. The topological polar surface area (TPSA) is 17.8 Å². The van der Waals surface area contributed by atoms with Crippen LogP contribution < -0.4 is 0 Å². The molecule has 3 rings (SSSR count). The van der Waals surface area contributed by atoms with Gasteiger partial charge in [0.1, 0.15) is 0 Å². The first-order chi connectivity index (χ1) is 19.4. The number of imidazole rings is 1. The van der Waals surface area contributed by atoms with Crippen molar-refractivity contribution < 1.29 is 0 Å². The summed E-state index contributed by atoms with van der Waals surface area (Å²) >= 11 is 0. The monoisotopic (exact) mass is 528 g/mol. The molecule has 1 atom stereocenters. The molecule has 1 aromatic heterocycles. The van der Waals surface area contributed by atoms with E-state index < -0.39 is 0 Å². The molecule has 0 N–H and O–H groups in total. The van der Waals surface area contributed by atoms with Crippen LogP contribution in [-0.4, -0.2) is 9.55 Å². The molecule has 3 aromatic rings. The molecule has 0 spiro atoms. The minimum Gasteiger partial charge on any atom is -0.334 e. The van der Waals surface area contributed by atoms with Crippen LogP contribution in [0.15, 0.2) is 79.4 Å². The Hall–Kier alpha value is -2.35. The van der Waals surface area contributed by atoms with E-state index in [1.807, 2.05) is 12.5 Å². The van der Waals surface area contributed by atoms with Crippen LogP contribution in [0.25, 0.3) is 0 Å². The van der Waals surface area contributed by atoms with Crippen LogP contribution in [0.4, 0.5) is 0 Å². The molecular weight excluding hydrogens is 472 g/mol. The van der Waals surface area contributed by atoms with E-state index in [9.17, 15) is 0 Å². The third-order valence-electron chi connectivity index (χ3n) is 8.49. The van der Waals surface area contributed by atoms with Gasteiger partial charge in [0.05, 0.1) is 6.33 Å². The fraction of sp³-hybridized carbons (Fsp3) is 0.595. The van der Waals surface area contributed by atoms with E-state index in [0.29, 0.717) is 12.0 Å². The van der Waals surface area contributed by atoms with Crippen LogP contribution in [0.3, 0.4) is 0 Å². The fourth-order valence-corrected chi connectivity index (χ4v) is 6.17. The number of hydrogen-bond acceptors (Lipinski definition) is 1. The first kappa shape index (κ1) is 31.2. The number of benzene rings is 2. The third-order valence-corrected chi connectivity index (χ3v) is 8.49. The molecule has 39 heavy (non-hydrogen) atoms. The van der Waals surface area contributed by atoms with Gasteiger partial charge < -0.3 is 4.57 Å². The van der Waals surface area contributed by atoms with Crippen molar-refractivity contribution in [3.8, 4) is 0 Å². The molecule has 0 aliphatic carbocycles. The van der Waals surface area contributed by atoms with Gasteiger partial charge in [0.25, 0.3) is 0 Å². The summed E-state index contributed by atoms with van der Waals surface area (Å²) in [5.41, 5.74) is 2.88. The van der Waals surface area contributed by atoms with Crippen LogP contribution >= 0.6 is 0 Å². The van der Waals surface area contributed by atoms with Gasteiger partial charge in [-0.2, -0.15) is 0 Å². The Morgan fingerprint density at radius 2 is 1.00 bits per heavy atom. The number of hydrogen-bond donors (Lipinski definition) is 0. The lowest BCUT2D eigenvalue weighted by Crippen LogP contribution is -2.23. The molecule has 0 saturated heterocycles. The maximum Gasteiger partial charge on any atom is 0.0948 e. The van der Waals surface area contributed by atoms with Crippen LogP contribution in [0, 0.1) is 5.92 Å². The Labute approximate surface area is 240 Å². The summed E-state index contributed by atoms with van der Waals surface area (Å²) in [5, 5.41) is 0. The van der Waals surface area contributed by atoms with Crippen molar-refractivity contribution in [2.75, 3.05) is 0 Å². The highest BCUT2D eigenvalue weighted by molar-refractivity contribution is 5.19. The zero-order valence-electron chi connectivity index (χ0n) is 25.0. The van der Waals surface area contributed by atoms with Gasteiger partial charge >= 0.3 is 0 Å². The molecule has 0 fully saturated rings. The second-order valence-electron chi connectivity index (χ2n) is 11.8. The maximum atomic E-state index is 4.43. The van der Waals surface area contributed by atoms with Crippen LogP contribution in [0.2, 0.25) is 0 Å². The van der Waals surface area contributed by atoms with Crippen molar-refractivity contribution in [3.05, 3.63) is 90.5 Å². The lowest BCUT2D eigenvalue weighted by atomic mass is 9.84. The van der Waals surface area contributed by atoms with Gasteiger partial charge in [-0.3, -0.25) is 0 Å². The van der Waals surface area contributed by atoms with Crippen LogP contribution in [-0.2, 0) is 12.8 Å². The smallest absolute Gasteiger partial charge is 0.0948 e. The molecule has 0 amide bonds. The molecular formula is C37H56N2. The summed E-state index contributed by atoms with van der Waals surface area (Å²) in [4.78, 5) is 4.43. The Kier molecular flexibility index (Phi) is 16.4. The SMILES string of the molecule is CCCCCCCCCCCCCCCCCCC(C(Cc1ccccc1)Cc1ccccc1)n1ccnc1. The molecule has 1 unspecified atom stereocenters. The lowest BCUT2D eigenvalue weighted by Gasteiger charge is -2.29. The number of rotatable bonds is 23. The van der Waals surface area contributed by atoms with Gasteiger partial charge in [0, 0.05) is 18.4 Å². The third kappa shape index (κ3) is 13.5. The standard InChI is InChI=1S/C37H56N2/c1-2-3-4-5-6-7-8-9-10-11-12-13-14-15-16-23-28-37(39-30-29-38-33-39)36(31-34-24-19-17-20-25-34)32-35-26-21-18-22-27-35/h17-22,24-27,29-30,33,36-37H,2-16,23,28,31-32H2,1H3. The minimum atomic E-state index is 0.486. The Morgan fingerprint density at radius 3 is 1.41 bits per heavy atom. The largest absolute Gasteiger partial charge is 0.334 e. The number of nitrogens with zero attached hydrogens (tertiary/aromatic N) is 2. The highest BCUT2D eigenvalue weighted by atomic mass is 15.1. The molecule has 214 valence electrons. The zero-order valence-corrected chi connectivity index (χ0v) is 25.0. The summed E-state index contributed by atoms with van der Waals surface area (Å²) < 4.78 is 2.39. The van der Waals surface area contributed by atoms with E-state index in [2.05, 4.69) is 83.3 Å². The highest BCUT2D eigenvalue weighted by Crippen LogP contribution is 2.31. The van der Waals surface area contributed by atoms with E-state index in [0.717, 1.165) is 12.8 Å². The average Bonchev–Trinajstić information content (AvgIpc) is 3.50. The van der Waals surface area contributed by atoms with Gasteiger partial charge in [-0.1, -0.05) is 170 Å². The van der Waals surface area contributed by atoms with Gasteiger partial charge in [-0.05, 0) is 36.3 Å². The average molecular weight is 529 g/mol. The summed E-state index contributed by atoms with van der Waals surface area (Å²) in [7, 11) is 0. The second-order valence-corrected chi connectivity index (χ2v) is 11.8. The van der Waals surface area contributed by atoms with Gasteiger partial charge in [0.2, 0.25) is 0 Å². The summed E-state index contributed by atoms with van der Waals surface area (Å²) in [6.45, 7) is 2.30. The van der Waals surface area contributed by atoms with Crippen molar-refractivity contribution in [3.63, 3.8) is 0 Å². The van der Waals surface area contributed by atoms with Crippen molar-refractivity contribution in [2.24, 2.45) is 5.92 Å². The lowest BCUT2D eigenvalue weighted by molar-refractivity contribution is 0.295. The summed E-state index contributed by atoms with van der Waals surface area (Å²) in [6.07, 6.45) is 32.3. The molecule has 0 bridgehead atoms. The highest BCUT2D eigenvalue weighted by Gasteiger charge is 2.23. The first-order valence-electron chi connectivity index (χ1n) is 16.4. The Balaban J connectivity index is 1.35. The van der Waals surface area contributed by atoms with E-state index in [-0.39, 0.29) is 0 Å². The molecule has 2 heteroatoms. The maximum absolute atomic E-state index is 4.43. The summed E-state index contributed by atoms with van der Waals surface area (Å²) in [6, 6.07) is 22.6. The molecule has 0 aliphatic heterocycles. The van der Waals surface area contributed by atoms with Gasteiger partial charge in [-0.25, -0.2) is 4.98 Å². The molecule has 1 heterocycles. The predicted molar refractivity (Wildman–Crippen MR) is 169 cm³/mol. The Bertz CT molecular complexity index is 877. The van der Waals surface area contributed by atoms with Crippen molar-refractivity contribution in [2.45, 2.75) is 135 Å². The summed E-state index contributed by atoms with van der Waals surface area (Å²) in [5.74, 6) is 0.556. The van der Waals surface area contributed by atoms with E-state index in [1.54, 1.807) is 0 Å². The predicted octanol–water partition coefficient (Wildman–Crippen LogP) is 11.2. The fourth-order valence-electron chi connectivity index (χ4n) is 6.17. The second kappa shape index (κ2) is 20.5. The number of unbranched alkanes of at least 4 members (excludes halogenated alkanes) is 15. The Morgan fingerprint density at radius 1 is 0.564 bits per heavy atom. The van der Waals surface area contributed by atoms with Crippen LogP contribution in [0.5, 0.6) is 0 Å². The van der Waals surface area contributed by atoms with E-state index in [1.165, 1.54) is 120 Å². The van der Waals surface area contributed by atoms with Crippen molar-refractivity contribution >= 4 is 0 Å². The minimum absolute atomic E-state index is 0.486. The quantitative estimate of drug-likeness (QED) is 0.112. The molecule has 0 aliphatic rings. The molecule has 2 aromatic carbocycles. The zero-order chi connectivity index (χ0) is 27.2. The van der Waals surface area contributed by atoms with Crippen molar-refractivity contribution in [1.29, 1.82) is 0 Å². The first-order valence-corrected chi connectivity index (χ1v) is 16.4. The van der Waals surface area contributed by atoms with Crippen molar-refractivity contribution in [1.82, 2.24) is 9.55 Å².